The number of rotatable bonds is 7. The molecule has 1 saturated carbocycles. The van der Waals surface area contributed by atoms with Crippen LogP contribution in [-0.2, 0) is 14.6 Å². The van der Waals surface area contributed by atoms with E-state index in [1.54, 1.807) is 24.3 Å². The van der Waals surface area contributed by atoms with Crippen molar-refractivity contribution in [3.05, 3.63) is 36.2 Å². The minimum absolute atomic E-state index is 0.0658. The lowest BCUT2D eigenvalue weighted by atomic mass is 10.0. The third-order valence-corrected chi connectivity index (χ3v) is 9.12. The highest BCUT2D eigenvalue weighted by atomic mass is 32.2. The van der Waals surface area contributed by atoms with Crippen LogP contribution in [-0.4, -0.2) is 58.9 Å². The minimum Gasteiger partial charge on any atom is -0.474 e. The third-order valence-electron chi connectivity index (χ3n) is 6.84. The number of piperidine rings is 1. The molecule has 9 nitrogen and oxygen atoms in total. The summed E-state index contributed by atoms with van der Waals surface area (Å²) in [5.41, 5.74) is 0.663. The van der Waals surface area contributed by atoms with Crippen molar-refractivity contribution >= 4 is 15.9 Å². The fourth-order valence-electron chi connectivity index (χ4n) is 4.96. The summed E-state index contributed by atoms with van der Waals surface area (Å²) < 4.78 is 42.4. The van der Waals surface area contributed by atoms with E-state index in [1.807, 2.05) is 25.7 Å². The molecule has 1 aromatic carbocycles. The van der Waals surface area contributed by atoms with Crippen molar-refractivity contribution < 1.29 is 27.4 Å². The second kappa shape index (κ2) is 9.29. The number of hydrogen-bond acceptors (Lipinski definition) is 8. The second-order valence-electron chi connectivity index (χ2n) is 9.86. The van der Waals surface area contributed by atoms with E-state index in [-0.39, 0.29) is 35.6 Å². The maximum atomic E-state index is 12.5. The Morgan fingerprint density at radius 3 is 2.23 bits per heavy atom. The van der Waals surface area contributed by atoms with E-state index < -0.39 is 9.84 Å². The molecule has 2 aromatic rings. The van der Waals surface area contributed by atoms with E-state index in [1.165, 1.54) is 6.33 Å². The highest BCUT2D eigenvalue weighted by Gasteiger charge is 2.45. The molecule has 0 N–H and O–H groups in total. The number of sulfone groups is 1. The molecule has 3 aliphatic rings. The van der Waals surface area contributed by atoms with Gasteiger partial charge in [0.1, 0.15) is 18.2 Å². The van der Waals surface area contributed by atoms with Crippen molar-refractivity contribution in [3.8, 4) is 17.5 Å². The van der Waals surface area contributed by atoms with E-state index in [9.17, 15) is 13.2 Å². The van der Waals surface area contributed by atoms with Gasteiger partial charge in [-0.1, -0.05) is 0 Å². The summed E-state index contributed by atoms with van der Waals surface area (Å²) in [5, 5.41) is -0.249. The summed E-state index contributed by atoms with van der Waals surface area (Å²) >= 11 is 0. The van der Waals surface area contributed by atoms with Crippen molar-refractivity contribution in [2.45, 2.75) is 93.7 Å². The second-order valence-corrected chi connectivity index (χ2v) is 12.1. The Morgan fingerprint density at radius 1 is 1.00 bits per heavy atom. The molecule has 3 fully saturated rings. The van der Waals surface area contributed by atoms with Gasteiger partial charge in [-0.3, -0.25) is 0 Å². The smallest absolute Gasteiger partial charge is 0.410 e. The van der Waals surface area contributed by atoms with Crippen LogP contribution in [0.2, 0.25) is 0 Å². The number of benzene rings is 1. The van der Waals surface area contributed by atoms with Crippen LogP contribution in [0.25, 0.3) is 0 Å². The van der Waals surface area contributed by atoms with Gasteiger partial charge in [-0.2, -0.15) is 0 Å². The Labute approximate surface area is 205 Å². The first-order valence-corrected chi connectivity index (χ1v) is 13.8. The van der Waals surface area contributed by atoms with Crippen LogP contribution in [0.4, 0.5) is 4.79 Å². The van der Waals surface area contributed by atoms with Crippen LogP contribution in [0.1, 0.15) is 57.9 Å². The fourth-order valence-corrected chi connectivity index (χ4v) is 6.62. The SMILES string of the molecule is Cc1c(Oc2ccc(S(=O)(=O)C3CC3)cc2)ncnc1OC1CC2CC[C@@H](C1)N2C(=O)OC(C)C. The molecule has 188 valence electrons. The first-order valence-electron chi connectivity index (χ1n) is 12.2. The molecule has 10 heteroatoms. The topological polar surface area (TPSA) is 108 Å². The van der Waals surface area contributed by atoms with E-state index >= 15 is 0 Å². The summed E-state index contributed by atoms with van der Waals surface area (Å²) in [6.45, 7) is 5.55. The fraction of sp³-hybridized carbons (Fsp3) is 0.560. The Morgan fingerprint density at radius 2 is 1.63 bits per heavy atom. The lowest BCUT2D eigenvalue weighted by molar-refractivity contribution is 0.0206. The van der Waals surface area contributed by atoms with Crippen molar-refractivity contribution in [1.29, 1.82) is 0 Å². The largest absolute Gasteiger partial charge is 0.474 e. The molecule has 2 saturated heterocycles. The molecule has 3 atom stereocenters. The molecule has 2 aliphatic heterocycles. The average Bonchev–Trinajstić information content (AvgIpc) is 3.62. The molecule has 1 aromatic heterocycles. The highest BCUT2D eigenvalue weighted by Crippen LogP contribution is 2.39. The van der Waals surface area contributed by atoms with Gasteiger partial charge in [-0.15, -0.1) is 0 Å². The van der Waals surface area contributed by atoms with E-state index in [0.29, 0.717) is 28.0 Å². The van der Waals surface area contributed by atoms with Crippen molar-refractivity contribution in [2.24, 2.45) is 0 Å². The molecule has 5 rings (SSSR count). The van der Waals surface area contributed by atoms with Gasteiger partial charge in [-0.25, -0.2) is 23.2 Å². The van der Waals surface area contributed by atoms with Gasteiger partial charge in [0.2, 0.25) is 11.8 Å². The molecular formula is C25H31N3O6S. The molecule has 35 heavy (non-hydrogen) atoms. The van der Waals surface area contributed by atoms with Crippen LogP contribution < -0.4 is 9.47 Å². The van der Waals surface area contributed by atoms with Crippen molar-refractivity contribution in [2.75, 3.05) is 0 Å². The zero-order valence-electron chi connectivity index (χ0n) is 20.2. The van der Waals surface area contributed by atoms with Crippen molar-refractivity contribution in [3.63, 3.8) is 0 Å². The van der Waals surface area contributed by atoms with Gasteiger partial charge < -0.3 is 19.1 Å². The van der Waals surface area contributed by atoms with Gasteiger partial charge in [0.25, 0.3) is 0 Å². The lowest BCUT2D eigenvalue weighted by Gasteiger charge is -2.38. The minimum atomic E-state index is -3.24. The summed E-state index contributed by atoms with van der Waals surface area (Å²) in [7, 11) is -3.24. The molecule has 1 amide bonds. The number of carbonyl (C=O) groups excluding carboxylic acids is 1. The van der Waals surface area contributed by atoms with Crippen molar-refractivity contribution in [1.82, 2.24) is 14.9 Å². The number of amides is 1. The number of nitrogens with zero attached hydrogens (tertiary/aromatic N) is 3. The standard InChI is InChI=1S/C25H31N3O6S/c1-15(2)32-25(29)28-17-4-5-18(28)13-20(12-17)34-24-16(3)23(26-14-27-24)33-19-6-8-21(9-7-19)35(30,31)22-10-11-22/h6-9,14-15,17-18,20,22H,4-5,10-13H2,1-3H3/t17-,18?,20?/m0/s1. The molecule has 3 heterocycles. The quantitative estimate of drug-likeness (QED) is 0.548. The summed E-state index contributed by atoms with van der Waals surface area (Å²) in [4.78, 5) is 23.3. The van der Waals surface area contributed by atoms with Gasteiger partial charge in [0, 0.05) is 24.9 Å². The van der Waals surface area contributed by atoms with E-state index in [0.717, 1.165) is 38.5 Å². The van der Waals surface area contributed by atoms with Crippen LogP contribution in [0.3, 0.4) is 0 Å². The lowest BCUT2D eigenvalue weighted by Crippen LogP contribution is -2.50. The first-order chi connectivity index (χ1) is 16.7. The third kappa shape index (κ3) is 4.94. The molecule has 2 unspecified atom stereocenters. The van der Waals surface area contributed by atoms with Gasteiger partial charge >= 0.3 is 6.09 Å². The van der Waals surface area contributed by atoms with E-state index in [2.05, 4.69) is 9.97 Å². The summed E-state index contributed by atoms with van der Waals surface area (Å²) in [5.74, 6) is 1.29. The highest BCUT2D eigenvalue weighted by molar-refractivity contribution is 7.92. The number of ether oxygens (including phenoxy) is 3. The number of fused-ring (bicyclic) bond motifs is 2. The Bertz CT molecular complexity index is 1180. The van der Waals surface area contributed by atoms with E-state index in [4.69, 9.17) is 14.2 Å². The van der Waals surface area contributed by atoms with Gasteiger partial charge in [0.15, 0.2) is 9.84 Å². The predicted octanol–water partition coefficient (Wildman–Crippen LogP) is 4.43. The maximum absolute atomic E-state index is 12.5. The number of hydrogen-bond donors (Lipinski definition) is 0. The van der Waals surface area contributed by atoms with Crippen LogP contribution in [0.15, 0.2) is 35.5 Å². The summed E-state index contributed by atoms with van der Waals surface area (Å²) in [6.07, 6.45) is 5.74. The molecule has 0 spiro atoms. The predicted molar refractivity (Wildman–Crippen MR) is 127 cm³/mol. The summed E-state index contributed by atoms with van der Waals surface area (Å²) in [6, 6.07) is 6.64. The molecular weight excluding hydrogens is 470 g/mol. The average molecular weight is 502 g/mol. The number of carbonyl (C=O) groups is 1. The zero-order chi connectivity index (χ0) is 24.7. The van der Waals surface area contributed by atoms with Gasteiger partial charge in [-0.05, 0) is 70.7 Å². The normalized spacial score (nSPS) is 23.9. The van der Waals surface area contributed by atoms with Crippen LogP contribution in [0, 0.1) is 6.92 Å². The molecule has 1 aliphatic carbocycles. The maximum Gasteiger partial charge on any atom is 0.410 e. The molecule has 2 bridgehead atoms. The van der Waals surface area contributed by atoms with Crippen LogP contribution in [0.5, 0.6) is 17.5 Å². The monoisotopic (exact) mass is 501 g/mol. The first kappa shape index (κ1) is 23.8. The zero-order valence-corrected chi connectivity index (χ0v) is 21.0. The Kier molecular flexibility index (Phi) is 6.33. The van der Waals surface area contributed by atoms with Gasteiger partial charge in [0.05, 0.1) is 21.8 Å². The molecule has 0 radical (unpaired) electrons. The Hall–Kier alpha value is -2.88. The van der Waals surface area contributed by atoms with Crippen LogP contribution >= 0.6 is 0 Å². The Balaban J connectivity index is 1.24. The number of aromatic nitrogens is 2.